The summed E-state index contributed by atoms with van der Waals surface area (Å²) in [6.45, 7) is 4.88. The molecule has 1 amide bonds. The Labute approximate surface area is 115 Å². The number of carbonyl (C=O) groups is 1. The molecule has 0 bridgehead atoms. The smallest absolute Gasteiger partial charge is 0.241 e. The molecule has 0 aliphatic carbocycles. The minimum atomic E-state index is -0.630. The van der Waals surface area contributed by atoms with Crippen molar-refractivity contribution in [1.82, 2.24) is 5.32 Å². The number of carbonyl (C=O) groups excluding carboxylic acids is 1. The summed E-state index contributed by atoms with van der Waals surface area (Å²) in [5.41, 5.74) is 6.70. The van der Waals surface area contributed by atoms with Crippen molar-refractivity contribution in [3.05, 3.63) is 35.9 Å². The monoisotopic (exact) mass is 264 g/mol. The zero-order chi connectivity index (χ0) is 14.3. The van der Waals surface area contributed by atoms with Gasteiger partial charge in [0.2, 0.25) is 5.91 Å². The molecule has 4 nitrogen and oxygen atoms in total. The molecule has 0 heterocycles. The first-order chi connectivity index (χ1) is 8.96. The third-order valence-electron chi connectivity index (χ3n) is 3.19. The van der Waals surface area contributed by atoms with Crippen molar-refractivity contribution in [1.29, 1.82) is 0 Å². The van der Waals surface area contributed by atoms with E-state index >= 15 is 0 Å². The third kappa shape index (κ3) is 5.41. The minimum absolute atomic E-state index is 0.0329. The van der Waals surface area contributed by atoms with Crippen LogP contribution in [0, 0.1) is 5.41 Å². The highest BCUT2D eigenvalue weighted by atomic mass is 16.2. The summed E-state index contributed by atoms with van der Waals surface area (Å²) in [5.74, 6) is -0.164. The molecule has 0 saturated carbocycles. The van der Waals surface area contributed by atoms with E-state index < -0.39 is 6.04 Å². The fourth-order valence-electron chi connectivity index (χ4n) is 1.89. The van der Waals surface area contributed by atoms with Gasteiger partial charge in [-0.05, 0) is 23.8 Å². The molecule has 106 valence electrons. The predicted octanol–water partition coefficient (Wildman–Crippen LogP) is 1.60. The number of amides is 1. The summed E-state index contributed by atoms with van der Waals surface area (Å²) in [5, 5.41) is 11.7. The van der Waals surface area contributed by atoms with Crippen LogP contribution in [0.3, 0.4) is 0 Å². The number of nitrogens with one attached hydrogen (secondary N) is 1. The average molecular weight is 264 g/mol. The number of hydrogen-bond donors (Lipinski definition) is 3. The van der Waals surface area contributed by atoms with Crippen LogP contribution in [0.5, 0.6) is 0 Å². The van der Waals surface area contributed by atoms with Crippen LogP contribution in [0.25, 0.3) is 0 Å². The van der Waals surface area contributed by atoms with E-state index in [1.165, 1.54) is 0 Å². The van der Waals surface area contributed by atoms with Gasteiger partial charge in [0, 0.05) is 13.2 Å². The molecule has 4 N–H and O–H groups in total. The van der Waals surface area contributed by atoms with E-state index in [4.69, 9.17) is 10.8 Å². The quantitative estimate of drug-likeness (QED) is 0.700. The number of nitrogens with two attached hydrogens (primary N) is 1. The first-order valence-electron chi connectivity index (χ1n) is 6.65. The van der Waals surface area contributed by atoms with E-state index in [1.54, 1.807) is 0 Å². The molecule has 19 heavy (non-hydrogen) atoms. The van der Waals surface area contributed by atoms with Gasteiger partial charge >= 0.3 is 0 Å². The van der Waals surface area contributed by atoms with Gasteiger partial charge in [0.05, 0.1) is 0 Å². The molecular weight excluding hydrogens is 240 g/mol. The van der Waals surface area contributed by atoms with Crippen molar-refractivity contribution in [2.45, 2.75) is 32.7 Å². The van der Waals surface area contributed by atoms with E-state index in [1.807, 2.05) is 30.3 Å². The van der Waals surface area contributed by atoms with Gasteiger partial charge in [-0.2, -0.15) is 0 Å². The number of aliphatic hydroxyl groups is 1. The molecule has 4 heteroatoms. The average Bonchev–Trinajstić information content (AvgIpc) is 2.43. The van der Waals surface area contributed by atoms with Crippen LogP contribution in [0.2, 0.25) is 0 Å². The molecule has 1 aromatic carbocycles. The fraction of sp³-hybridized carbons (Fsp3) is 0.533. The van der Waals surface area contributed by atoms with Gasteiger partial charge in [-0.15, -0.1) is 0 Å². The number of hydrogen-bond acceptors (Lipinski definition) is 3. The van der Waals surface area contributed by atoms with Gasteiger partial charge in [0.1, 0.15) is 6.04 Å². The van der Waals surface area contributed by atoms with Gasteiger partial charge in [-0.1, -0.05) is 44.2 Å². The Morgan fingerprint density at radius 1 is 1.37 bits per heavy atom. The van der Waals surface area contributed by atoms with E-state index in [0.29, 0.717) is 6.54 Å². The molecule has 0 saturated heterocycles. The van der Waals surface area contributed by atoms with Crippen molar-refractivity contribution in [2.75, 3.05) is 13.2 Å². The third-order valence-corrected chi connectivity index (χ3v) is 3.19. The highest BCUT2D eigenvalue weighted by Crippen LogP contribution is 2.21. The zero-order valence-electron chi connectivity index (χ0n) is 11.7. The standard InChI is InChI=1S/C15H24N2O2/c1-15(2,9-6-10-18)11-17-14(19)13(16)12-7-4-3-5-8-12/h3-5,7-8,13,18H,6,9-11,16H2,1-2H3,(H,17,19). The lowest BCUT2D eigenvalue weighted by molar-refractivity contribution is -0.122. The molecule has 1 rings (SSSR count). The van der Waals surface area contributed by atoms with Gasteiger partial charge in [-0.25, -0.2) is 0 Å². The van der Waals surface area contributed by atoms with Crippen molar-refractivity contribution in [3.63, 3.8) is 0 Å². The number of aliphatic hydroxyl groups excluding tert-OH is 1. The van der Waals surface area contributed by atoms with Crippen LogP contribution in [0.4, 0.5) is 0 Å². The van der Waals surface area contributed by atoms with E-state index in [2.05, 4.69) is 19.2 Å². The lowest BCUT2D eigenvalue weighted by Gasteiger charge is -2.25. The molecular formula is C15H24N2O2. The molecule has 1 atom stereocenters. The number of rotatable bonds is 7. The Balaban J connectivity index is 2.47. The van der Waals surface area contributed by atoms with E-state index in [-0.39, 0.29) is 17.9 Å². The second kappa shape index (κ2) is 7.26. The maximum absolute atomic E-state index is 12.0. The van der Waals surface area contributed by atoms with E-state index in [0.717, 1.165) is 18.4 Å². The van der Waals surface area contributed by atoms with Crippen LogP contribution in [0.1, 0.15) is 38.3 Å². The Morgan fingerprint density at radius 2 is 2.00 bits per heavy atom. The zero-order valence-corrected chi connectivity index (χ0v) is 11.7. The lowest BCUT2D eigenvalue weighted by atomic mass is 9.88. The van der Waals surface area contributed by atoms with Gasteiger partial charge in [0.15, 0.2) is 0 Å². The molecule has 0 spiro atoms. The van der Waals surface area contributed by atoms with Crippen molar-refractivity contribution < 1.29 is 9.90 Å². The maximum atomic E-state index is 12.0. The van der Waals surface area contributed by atoms with Gasteiger partial charge in [0.25, 0.3) is 0 Å². The Kier molecular flexibility index (Phi) is 5.99. The van der Waals surface area contributed by atoms with Crippen molar-refractivity contribution in [3.8, 4) is 0 Å². The van der Waals surface area contributed by atoms with Crippen LogP contribution in [-0.2, 0) is 4.79 Å². The topological polar surface area (TPSA) is 75.3 Å². The van der Waals surface area contributed by atoms with Crippen LogP contribution < -0.4 is 11.1 Å². The van der Waals surface area contributed by atoms with Crippen molar-refractivity contribution in [2.24, 2.45) is 11.1 Å². The SMILES string of the molecule is CC(C)(CCCO)CNC(=O)C(N)c1ccccc1. The maximum Gasteiger partial charge on any atom is 0.241 e. The summed E-state index contributed by atoms with van der Waals surface area (Å²) in [6, 6.07) is 8.70. The van der Waals surface area contributed by atoms with Crippen LogP contribution in [0.15, 0.2) is 30.3 Å². The van der Waals surface area contributed by atoms with Crippen LogP contribution in [-0.4, -0.2) is 24.2 Å². The molecule has 1 aromatic rings. The first-order valence-corrected chi connectivity index (χ1v) is 6.65. The molecule has 0 radical (unpaired) electrons. The van der Waals surface area contributed by atoms with Gasteiger partial charge < -0.3 is 16.2 Å². The van der Waals surface area contributed by atoms with Crippen molar-refractivity contribution >= 4 is 5.91 Å². The molecule has 0 aliphatic rings. The summed E-state index contributed by atoms with van der Waals surface area (Å²) in [6.07, 6.45) is 1.61. The van der Waals surface area contributed by atoms with E-state index in [9.17, 15) is 4.79 Å². The Hall–Kier alpha value is -1.39. The van der Waals surface area contributed by atoms with Gasteiger partial charge in [-0.3, -0.25) is 4.79 Å². The summed E-state index contributed by atoms with van der Waals surface area (Å²) in [7, 11) is 0. The summed E-state index contributed by atoms with van der Waals surface area (Å²) >= 11 is 0. The highest BCUT2D eigenvalue weighted by Gasteiger charge is 2.21. The highest BCUT2D eigenvalue weighted by molar-refractivity contribution is 5.82. The Morgan fingerprint density at radius 3 is 2.58 bits per heavy atom. The normalized spacial score (nSPS) is 13.1. The second-order valence-corrected chi connectivity index (χ2v) is 5.60. The molecule has 1 unspecified atom stereocenters. The summed E-state index contributed by atoms with van der Waals surface area (Å²) < 4.78 is 0. The molecule has 0 fully saturated rings. The largest absolute Gasteiger partial charge is 0.396 e. The van der Waals surface area contributed by atoms with Crippen LogP contribution >= 0.6 is 0 Å². The fourth-order valence-corrected chi connectivity index (χ4v) is 1.89. The predicted molar refractivity (Wildman–Crippen MR) is 76.5 cm³/mol. The number of benzene rings is 1. The second-order valence-electron chi connectivity index (χ2n) is 5.60. The lowest BCUT2D eigenvalue weighted by Crippen LogP contribution is -2.39. The minimum Gasteiger partial charge on any atom is -0.396 e. The molecule has 0 aliphatic heterocycles. The summed E-state index contributed by atoms with van der Waals surface area (Å²) in [4.78, 5) is 12.0. The first kappa shape index (κ1) is 15.7. The Bertz CT molecular complexity index is 390. The molecule has 0 aromatic heterocycles.